The van der Waals surface area contributed by atoms with Crippen molar-refractivity contribution in [3.8, 4) is 23.0 Å². The maximum Gasteiger partial charge on any atom is 0.257 e. The second-order valence-electron chi connectivity index (χ2n) is 5.00. The molecular formula is C17H18N2O4. The first kappa shape index (κ1) is 15.1. The molecule has 1 atom stereocenters. The fraction of sp³-hybridized carbons (Fsp3) is 0.294. The van der Waals surface area contributed by atoms with Crippen LogP contribution in [0.1, 0.15) is 31.6 Å². The third-order valence-electron chi connectivity index (χ3n) is 3.33. The number of nitrogens with zero attached hydrogens (tertiary/aromatic N) is 2. The Labute approximate surface area is 134 Å². The van der Waals surface area contributed by atoms with Crippen molar-refractivity contribution < 1.29 is 18.3 Å². The quantitative estimate of drug-likeness (QED) is 0.680. The monoisotopic (exact) mass is 314 g/mol. The molecule has 0 radical (unpaired) electrons. The van der Waals surface area contributed by atoms with Crippen LogP contribution in [0.3, 0.4) is 0 Å². The van der Waals surface area contributed by atoms with Gasteiger partial charge in [-0.05, 0) is 51.1 Å². The Balaban J connectivity index is 1.70. The molecule has 0 aliphatic carbocycles. The Morgan fingerprint density at radius 2 is 1.83 bits per heavy atom. The molecule has 0 fully saturated rings. The van der Waals surface area contributed by atoms with E-state index in [1.807, 2.05) is 45.0 Å². The van der Waals surface area contributed by atoms with E-state index in [1.54, 1.807) is 12.3 Å². The van der Waals surface area contributed by atoms with Gasteiger partial charge in [0, 0.05) is 0 Å². The predicted octanol–water partition coefficient (Wildman–Crippen LogP) is 4.18. The second kappa shape index (κ2) is 6.56. The lowest BCUT2D eigenvalue weighted by atomic mass is 10.3. The molecule has 1 aromatic carbocycles. The number of aryl methyl sites for hydroxylation is 1. The standard InChI is InChI=1S/C17H18N2O4/c1-4-20-13-5-7-14(8-6-13)22-12(3)16-18-19-17(23-16)15-9-10-21-11(15)2/h5-10,12H,4H2,1-3H3. The van der Waals surface area contributed by atoms with Gasteiger partial charge in [-0.3, -0.25) is 0 Å². The summed E-state index contributed by atoms with van der Waals surface area (Å²) in [5.74, 6) is 3.09. The average molecular weight is 314 g/mol. The zero-order valence-corrected chi connectivity index (χ0v) is 13.3. The largest absolute Gasteiger partial charge is 0.494 e. The van der Waals surface area contributed by atoms with Crippen LogP contribution in [0.2, 0.25) is 0 Å². The second-order valence-corrected chi connectivity index (χ2v) is 5.00. The smallest absolute Gasteiger partial charge is 0.257 e. The van der Waals surface area contributed by atoms with Crippen LogP contribution < -0.4 is 9.47 Å². The highest BCUT2D eigenvalue weighted by Gasteiger charge is 2.18. The van der Waals surface area contributed by atoms with Gasteiger partial charge in [-0.2, -0.15) is 0 Å². The fourth-order valence-electron chi connectivity index (χ4n) is 2.15. The first-order valence-electron chi connectivity index (χ1n) is 7.44. The molecule has 6 heteroatoms. The van der Waals surface area contributed by atoms with Gasteiger partial charge in [0.25, 0.3) is 11.8 Å². The molecule has 0 aliphatic heterocycles. The molecule has 3 rings (SSSR count). The molecule has 0 spiro atoms. The minimum Gasteiger partial charge on any atom is -0.494 e. The van der Waals surface area contributed by atoms with Crippen molar-refractivity contribution in [1.82, 2.24) is 10.2 Å². The Morgan fingerprint density at radius 1 is 1.09 bits per heavy atom. The molecule has 23 heavy (non-hydrogen) atoms. The number of furan rings is 1. The SMILES string of the molecule is CCOc1ccc(OC(C)c2nnc(-c3ccoc3C)o2)cc1. The van der Waals surface area contributed by atoms with E-state index in [-0.39, 0.29) is 6.10 Å². The van der Waals surface area contributed by atoms with Gasteiger partial charge < -0.3 is 18.3 Å². The summed E-state index contributed by atoms with van der Waals surface area (Å²) >= 11 is 0. The van der Waals surface area contributed by atoms with Crippen molar-refractivity contribution in [2.75, 3.05) is 6.61 Å². The third kappa shape index (κ3) is 3.36. The summed E-state index contributed by atoms with van der Waals surface area (Å²) in [5, 5.41) is 8.09. The van der Waals surface area contributed by atoms with E-state index in [4.69, 9.17) is 18.3 Å². The highest BCUT2D eigenvalue weighted by atomic mass is 16.5. The minimum atomic E-state index is -0.360. The van der Waals surface area contributed by atoms with E-state index >= 15 is 0 Å². The molecule has 0 aliphatic rings. The summed E-state index contributed by atoms with van der Waals surface area (Å²) in [6.07, 6.45) is 1.23. The summed E-state index contributed by atoms with van der Waals surface area (Å²) in [5.41, 5.74) is 0.789. The summed E-state index contributed by atoms with van der Waals surface area (Å²) in [7, 11) is 0. The summed E-state index contributed by atoms with van der Waals surface area (Å²) < 4.78 is 22.1. The normalized spacial score (nSPS) is 12.1. The number of rotatable bonds is 6. The summed E-state index contributed by atoms with van der Waals surface area (Å²) in [6.45, 7) is 6.28. The molecule has 2 aromatic heterocycles. The van der Waals surface area contributed by atoms with Gasteiger partial charge in [0.15, 0.2) is 6.10 Å². The van der Waals surface area contributed by atoms with Crippen LogP contribution in [0.25, 0.3) is 11.5 Å². The first-order valence-corrected chi connectivity index (χ1v) is 7.44. The molecule has 3 aromatic rings. The van der Waals surface area contributed by atoms with E-state index < -0.39 is 0 Å². The summed E-state index contributed by atoms with van der Waals surface area (Å²) in [4.78, 5) is 0. The van der Waals surface area contributed by atoms with E-state index in [0.29, 0.717) is 24.1 Å². The molecule has 0 saturated heterocycles. The zero-order chi connectivity index (χ0) is 16.2. The van der Waals surface area contributed by atoms with Crippen LogP contribution in [-0.2, 0) is 0 Å². The van der Waals surface area contributed by atoms with E-state index in [1.165, 1.54) is 0 Å². The highest BCUT2D eigenvalue weighted by Crippen LogP contribution is 2.27. The highest BCUT2D eigenvalue weighted by molar-refractivity contribution is 5.54. The van der Waals surface area contributed by atoms with Gasteiger partial charge in [0.2, 0.25) is 0 Å². The van der Waals surface area contributed by atoms with Crippen LogP contribution in [0.4, 0.5) is 0 Å². The van der Waals surface area contributed by atoms with Crippen LogP contribution >= 0.6 is 0 Å². The van der Waals surface area contributed by atoms with Gasteiger partial charge in [-0.15, -0.1) is 10.2 Å². The Morgan fingerprint density at radius 3 is 2.48 bits per heavy atom. The van der Waals surface area contributed by atoms with Crippen molar-refractivity contribution in [2.24, 2.45) is 0 Å². The maximum atomic E-state index is 5.82. The molecular weight excluding hydrogens is 296 g/mol. The van der Waals surface area contributed by atoms with E-state index in [0.717, 1.165) is 17.1 Å². The van der Waals surface area contributed by atoms with Gasteiger partial charge >= 0.3 is 0 Å². The topological polar surface area (TPSA) is 70.5 Å². The molecule has 0 bridgehead atoms. The number of benzene rings is 1. The number of hydrogen-bond acceptors (Lipinski definition) is 6. The maximum absolute atomic E-state index is 5.82. The molecule has 2 heterocycles. The van der Waals surface area contributed by atoms with Crippen molar-refractivity contribution >= 4 is 0 Å². The van der Waals surface area contributed by atoms with E-state index in [2.05, 4.69) is 10.2 Å². The van der Waals surface area contributed by atoms with Crippen LogP contribution in [-0.4, -0.2) is 16.8 Å². The molecule has 0 amide bonds. The summed E-state index contributed by atoms with van der Waals surface area (Å²) in [6, 6.07) is 9.21. The van der Waals surface area contributed by atoms with Crippen molar-refractivity contribution in [2.45, 2.75) is 26.9 Å². The molecule has 6 nitrogen and oxygen atoms in total. The lowest BCUT2D eigenvalue weighted by Gasteiger charge is -2.11. The van der Waals surface area contributed by atoms with Crippen molar-refractivity contribution in [3.05, 3.63) is 48.2 Å². The molecule has 1 unspecified atom stereocenters. The predicted molar refractivity (Wildman–Crippen MR) is 83.4 cm³/mol. The minimum absolute atomic E-state index is 0.360. The van der Waals surface area contributed by atoms with Crippen molar-refractivity contribution in [1.29, 1.82) is 0 Å². The fourth-order valence-corrected chi connectivity index (χ4v) is 2.15. The third-order valence-corrected chi connectivity index (χ3v) is 3.33. The van der Waals surface area contributed by atoms with Gasteiger partial charge in [0.05, 0.1) is 18.4 Å². The lowest BCUT2D eigenvalue weighted by Crippen LogP contribution is -2.03. The van der Waals surface area contributed by atoms with Gasteiger partial charge in [0.1, 0.15) is 17.3 Å². The molecule has 0 saturated carbocycles. The first-order chi connectivity index (χ1) is 11.2. The molecule has 120 valence electrons. The van der Waals surface area contributed by atoms with Crippen LogP contribution in [0.5, 0.6) is 11.5 Å². The van der Waals surface area contributed by atoms with Gasteiger partial charge in [-0.1, -0.05) is 0 Å². The Kier molecular flexibility index (Phi) is 4.32. The Bertz CT molecular complexity index is 761. The van der Waals surface area contributed by atoms with E-state index in [9.17, 15) is 0 Å². The van der Waals surface area contributed by atoms with Crippen LogP contribution in [0.15, 0.2) is 45.4 Å². The Hall–Kier alpha value is -2.76. The average Bonchev–Trinajstić information content (AvgIpc) is 3.18. The number of ether oxygens (including phenoxy) is 2. The van der Waals surface area contributed by atoms with Gasteiger partial charge in [-0.25, -0.2) is 0 Å². The molecule has 0 N–H and O–H groups in total. The van der Waals surface area contributed by atoms with Crippen LogP contribution in [0, 0.1) is 6.92 Å². The number of hydrogen-bond donors (Lipinski definition) is 0. The number of aromatic nitrogens is 2. The van der Waals surface area contributed by atoms with Crippen molar-refractivity contribution in [3.63, 3.8) is 0 Å². The lowest BCUT2D eigenvalue weighted by molar-refractivity contribution is 0.189. The zero-order valence-electron chi connectivity index (χ0n) is 13.3.